The Morgan fingerprint density at radius 1 is 0.920 bits per heavy atom. The van der Waals surface area contributed by atoms with Gasteiger partial charge in [-0.3, -0.25) is 0 Å². The second-order valence-corrected chi connectivity index (χ2v) is 5.97. The highest BCUT2D eigenvalue weighted by Gasteiger charge is 2.12. The molecular formula is C21H17ClO3. The molecule has 3 nitrogen and oxygen atoms in total. The van der Waals surface area contributed by atoms with Crippen molar-refractivity contribution >= 4 is 17.6 Å². The smallest absolute Gasteiger partial charge is 0.349 e. The van der Waals surface area contributed by atoms with Gasteiger partial charge in [0.1, 0.15) is 11.5 Å². The summed E-state index contributed by atoms with van der Waals surface area (Å²) in [4.78, 5) is 12.2. The second kappa shape index (κ2) is 7.86. The summed E-state index contributed by atoms with van der Waals surface area (Å²) in [6.45, 7) is 1.70. The summed E-state index contributed by atoms with van der Waals surface area (Å²) in [5.74, 6) is 0.658. The van der Waals surface area contributed by atoms with Gasteiger partial charge in [0.25, 0.3) is 0 Å². The zero-order valence-electron chi connectivity index (χ0n) is 13.7. The van der Waals surface area contributed by atoms with Crippen LogP contribution in [-0.4, -0.2) is 12.6 Å². The largest absolute Gasteiger partial charge is 0.482 e. The maximum Gasteiger partial charge on any atom is 0.349 e. The van der Waals surface area contributed by atoms with Crippen molar-refractivity contribution in [3.05, 3.63) is 83.4 Å². The third-order valence-corrected chi connectivity index (χ3v) is 3.91. The maximum atomic E-state index is 12.2. The number of hydrogen-bond acceptors (Lipinski definition) is 3. The number of rotatable bonds is 5. The Labute approximate surface area is 151 Å². The molecule has 0 aliphatic rings. The minimum atomic E-state index is -0.460. The van der Waals surface area contributed by atoms with E-state index in [0.29, 0.717) is 16.5 Å². The molecule has 0 unspecified atom stereocenters. The van der Waals surface area contributed by atoms with Crippen LogP contribution in [0.2, 0.25) is 5.02 Å². The lowest BCUT2D eigenvalue weighted by Crippen LogP contribution is -2.18. The number of para-hydroxylation sites is 1. The van der Waals surface area contributed by atoms with Gasteiger partial charge in [0.2, 0.25) is 0 Å². The average Bonchev–Trinajstić information content (AvgIpc) is 2.62. The van der Waals surface area contributed by atoms with E-state index >= 15 is 0 Å². The Morgan fingerprint density at radius 3 is 2.40 bits per heavy atom. The fraction of sp³-hybridized carbons (Fsp3) is 0.0952. The van der Waals surface area contributed by atoms with Crippen molar-refractivity contribution in [1.82, 2.24) is 0 Å². The molecule has 4 heteroatoms. The lowest BCUT2D eigenvalue weighted by Gasteiger charge is -2.12. The second-order valence-electron chi connectivity index (χ2n) is 5.53. The zero-order chi connectivity index (χ0) is 17.6. The standard InChI is InChI=1S/C21H17ClO3/c1-15-13-17(22)11-12-19(15)24-14-21(23)25-20-10-6-5-9-18(20)16-7-3-2-4-8-16/h2-13H,14H2,1H3. The molecule has 0 saturated carbocycles. The van der Waals surface area contributed by atoms with E-state index in [-0.39, 0.29) is 6.61 Å². The number of ether oxygens (including phenoxy) is 2. The van der Waals surface area contributed by atoms with Crippen LogP contribution >= 0.6 is 11.6 Å². The van der Waals surface area contributed by atoms with E-state index in [1.54, 1.807) is 24.3 Å². The highest BCUT2D eigenvalue weighted by Crippen LogP contribution is 2.29. The van der Waals surface area contributed by atoms with Crippen LogP contribution in [0.4, 0.5) is 0 Å². The third-order valence-electron chi connectivity index (χ3n) is 3.68. The summed E-state index contributed by atoms with van der Waals surface area (Å²) in [6.07, 6.45) is 0. The van der Waals surface area contributed by atoms with Gasteiger partial charge in [-0.1, -0.05) is 60.1 Å². The number of carbonyl (C=O) groups excluding carboxylic acids is 1. The van der Waals surface area contributed by atoms with Gasteiger partial charge >= 0.3 is 5.97 Å². The first-order valence-electron chi connectivity index (χ1n) is 7.87. The van der Waals surface area contributed by atoms with Crippen LogP contribution in [0, 0.1) is 6.92 Å². The van der Waals surface area contributed by atoms with Crippen molar-refractivity contribution in [1.29, 1.82) is 0 Å². The molecule has 0 bridgehead atoms. The number of benzene rings is 3. The normalized spacial score (nSPS) is 10.3. The van der Waals surface area contributed by atoms with Crippen LogP contribution in [0.3, 0.4) is 0 Å². The number of esters is 1. The monoisotopic (exact) mass is 352 g/mol. The summed E-state index contributed by atoms with van der Waals surface area (Å²) in [5, 5.41) is 0.629. The van der Waals surface area contributed by atoms with Gasteiger partial charge in [0, 0.05) is 10.6 Å². The van der Waals surface area contributed by atoms with E-state index in [0.717, 1.165) is 16.7 Å². The van der Waals surface area contributed by atoms with Crippen LogP contribution in [0.5, 0.6) is 11.5 Å². The first-order valence-corrected chi connectivity index (χ1v) is 8.25. The number of hydrogen-bond donors (Lipinski definition) is 0. The molecule has 0 fully saturated rings. The van der Waals surface area contributed by atoms with Crippen molar-refractivity contribution in [2.75, 3.05) is 6.61 Å². The lowest BCUT2D eigenvalue weighted by atomic mass is 10.1. The van der Waals surface area contributed by atoms with Crippen molar-refractivity contribution in [2.24, 2.45) is 0 Å². The van der Waals surface area contributed by atoms with Crippen LogP contribution in [0.15, 0.2) is 72.8 Å². The minimum Gasteiger partial charge on any atom is -0.482 e. The molecule has 3 aromatic rings. The Hall–Kier alpha value is -2.78. The Bertz CT molecular complexity index is 875. The predicted octanol–water partition coefficient (Wildman–Crippen LogP) is 5.30. The molecule has 0 spiro atoms. The van der Waals surface area contributed by atoms with Crippen LogP contribution in [0.1, 0.15) is 5.56 Å². The first kappa shape index (κ1) is 17.1. The van der Waals surface area contributed by atoms with Gasteiger partial charge < -0.3 is 9.47 Å². The molecular weight excluding hydrogens is 336 g/mol. The molecule has 0 aliphatic heterocycles. The summed E-state index contributed by atoms with van der Waals surface area (Å²) in [6, 6.07) is 22.5. The zero-order valence-corrected chi connectivity index (χ0v) is 14.5. The molecule has 0 aromatic heterocycles. The van der Waals surface area contributed by atoms with Gasteiger partial charge in [-0.25, -0.2) is 4.79 Å². The third kappa shape index (κ3) is 4.40. The van der Waals surface area contributed by atoms with Gasteiger partial charge in [0.15, 0.2) is 6.61 Å². The van der Waals surface area contributed by atoms with Gasteiger partial charge in [-0.2, -0.15) is 0 Å². The number of carbonyl (C=O) groups is 1. The SMILES string of the molecule is Cc1cc(Cl)ccc1OCC(=O)Oc1ccccc1-c1ccccc1. The van der Waals surface area contributed by atoms with E-state index < -0.39 is 5.97 Å². The number of aryl methyl sites for hydroxylation is 1. The van der Waals surface area contributed by atoms with E-state index in [1.165, 1.54) is 0 Å². The number of halogens is 1. The van der Waals surface area contributed by atoms with E-state index in [9.17, 15) is 4.79 Å². The van der Waals surface area contributed by atoms with Gasteiger partial charge in [0.05, 0.1) is 0 Å². The van der Waals surface area contributed by atoms with Crippen molar-refractivity contribution in [3.63, 3.8) is 0 Å². The van der Waals surface area contributed by atoms with Crippen molar-refractivity contribution < 1.29 is 14.3 Å². The molecule has 25 heavy (non-hydrogen) atoms. The summed E-state index contributed by atoms with van der Waals surface area (Å²) >= 11 is 5.92. The molecule has 126 valence electrons. The Balaban J connectivity index is 1.69. The molecule has 0 radical (unpaired) electrons. The van der Waals surface area contributed by atoms with Crippen molar-refractivity contribution in [2.45, 2.75) is 6.92 Å². The molecule has 0 atom stereocenters. The quantitative estimate of drug-likeness (QED) is 0.461. The van der Waals surface area contributed by atoms with Crippen LogP contribution in [-0.2, 0) is 4.79 Å². The van der Waals surface area contributed by atoms with Gasteiger partial charge in [-0.15, -0.1) is 0 Å². The molecule has 0 aliphatic carbocycles. The maximum absolute atomic E-state index is 12.2. The average molecular weight is 353 g/mol. The van der Waals surface area contributed by atoms with E-state index in [1.807, 2.05) is 55.5 Å². The van der Waals surface area contributed by atoms with Crippen molar-refractivity contribution in [3.8, 4) is 22.6 Å². The summed E-state index contributed by atoms with van der Waals surface area (Å²) < 4.78 is 11.0. The first-order chi connectivity index (χ1) is 12.1. The highest BCUT2D eigenvalue weighted by atomic mass is 35.5. The fourth-order valence-electron chi connectivity index (χ4n) is 2.48. The molecule has 3 aromatic carbocycles. The minimum absolute atomic E-state index is 0.175. The molecule has 0 saturated heterocycles. The molecule has 3 rings (SSSR count). The fourth-order valence-corrected chi connectivity index (χ4v) is 2.70. The molecule has 0 N–H and O–H groups in total. The van der Waals surface area contributed by atoms with E-state index in [4.69, 9.17) is 21.1 Å². The van der Waals surface area contributed by atoms with E-state index in [2.05, 4.69) is 0 Å². The topological polar surface area (TPSA) is 35.5 Å². The molecule has 0 heterocycles. The highest BCUT2D eigenvalue weighted by molar-refractivity contribution is 6.30. The Morgan fingerprint density at radius 2 is 1.64 bits per heavy atom. The van der Waals surface area contributed by atoms with Crippen LogP contribution < -0.4 is 9.47 Å². The van der Waals surface area contributed by atoms with Crippen LogP contribution in [0.25, 0.3) is 11.1 Å². The lowest BCUT2D eigenvalue weighted by molar-refractivity contribution is -0.136. The predicted molar refractivity (Wildman–Crippen MR) is 99.2 cm³/mol. The Kier molecular flexibility index (Phi) is 5.36. The molecule has 0 amide bonds. The summed E-state index contributed by atoms with van der Waals surface area (Å²) in [7, 11) is 0. The van der Waals surface area contributed by atoms with Gasteiger partial charge in [-0.05, 0) is 42.3 Å². The summed E-state index contributed by atoms with van der Waals surface area (Å²) in [5.41, 5.74) is 2.71.